The van der Waals surface area contributed by atoms with E-state index in [1.807, 2.05) is 18.3 Å². The highest BCUT2D eigenvalue weighted by molar-refractivity contribution is 5.82. The van der Waals surface area contributed by atoms with Gasteiger partial charge in [0.25, 0.3) is 0 Å². The predicted molar refractivity (Wildman–Crippen MR) is 172 cm³/mol. The van der Waals surface area contributed by atoms with Gasteiger partial charge in [-0.3, -0.25) is 9.69 Å². The van der Waals surface area contributed by atoms with Gasteiger partial charge in [-0.2, -0.15) is 0 Å². The minimum Gasteiger partial charge on any atom is -0.453 e. The largest absolute Gasteiger partial charge is 0.453 e. The lowest BCUT2D eigenvalue weighted by Crippen LogP contribution is -2.37. The lowest BCUT2D eigenvalue weighted by molar-refractivity contribution is -0.120. The standard InChI is InChI=1S/C35H39N7O3/c1-42-19-5-6-30(42)34-40-28-17-15-26-20-24(12-16-27(26)33(28)41-34)9-8-23-10-13-25(14-11-23)29-21-37-31(39-29)7-3-4-18-36-32(43)22-38-35(44)45-2/h10-14,16,20-21,30H,3-7,15,17-19,22H2,1-2H3,(H,36,43)(H,37,39)(H,38,44)(H,40,41). The van der Waals surface area contributed by atoms with Crippen LogP contribution in [-0.2, 0) is 28.8 Å². The second-order valence-corrected chi connectivity index (χ2v) is 11.7. The van der Waals surface area contributed by atoms with Gasteiger partial charge in [0, 0.05) is 35.3 Å². The van der Waals surface area contributed by atoms with Crippen LogP contribution in [0.4, 0.5) is 4.79 Å². The van der Waals surface area contributed by atoms with Gasteiger partial charge in [-0.15, -0.1) is 0 Å². The van der Waals surface area contributed by atoms with Crippen molar-refractivity contribution in [3.05, 3.63) is 82.7 Å². The molecule has 1 fully saturated rings. The number of unbranched alkanes of at least 4 members (excludes halogenated alkanes) is 1. The van der Waals surface area contributed by atoms with E-state index in [0.717, 1.165) is 78.4 Å². The molecule has 2 amide bonds. The summed E-state index contributed by atoms with van der Waals surface area (Å²) in [5, 5.41) is 5.13. The highest BCUT2D eigenvalue weighted by Crippen LogP contribution is 2.36. The number of aryl methyl sites for hydroxylation is 3. The van der Waals surface area contributed by atoms with Crippen molar-refractivity contribution in [1.29, 1.82) is 0 Å². The normalized spacial score (nSPS) is 15.5. The van der Waals surface area contributed by atoms with Crippen LogP contribution in [-0.4, -0.2) is 70.6 Å². The Labute approximate surface area is 263 Å². The summed E-state index contributed by atoms with van der Waals surface area (Å²) in [5.74, 6) is 8.45. The van der Waals surface area contributed by atoms with Gasteiger partial charge in [0.2, 0.25) is 5.91 Å². The van der Waals surface area contributed by atoms with Gasteiger partial charge in [0.05, 0.1) is 37.3 Å². The zero-order valence-corrected chi connectivity index (χ0v) is 25.8. The lowest BCUT2D eigenvalue weighted by Gasteiger charge is -2.16. The average Bonchev–Trinajstić information content (AvgIpc) is 3.82. The number of H-pyrrole nitrogens is 2. The molecule has 45 heavy (non-hydrogen) atoms. The van der Waals surface area contributed by atoms with Gasteiger partial charge in [0.15, 0.2) is 0 Å². The summed E-state index contributed by atoms with van der Waals surface area (Å²) in [4.78, 5) is 41.7. The van der Waals surface area contributed by atoms with Crippen molar-refractivity contribution in [1.82, 2.24) is 35.5 Å². The van der Waals surface area contributed by atoms with E-state index in [9.17, 15) is 9.59 Å². The van der Waals surface area contributed by atoms with E-state index in [2.05, 4.69) is 84.4 Å². The van der Waals surface area contributed by atoms with E-state index in [-0.39, 0.29) is 12.5 Å². The number of rotatable bonds is 9. The second-order valence-electron chi connectivity index (χ2n) is 11.7. The molecule has 1 aliphatic heterocycles. The molecule has 4 aromatic rings. The molecule has 0 radical (unpaired) electrons. The topological polar surface area (TPSA) is 128 Å². The number of methoxy groups -OCH3 is 1. The molecular formula is C35H39N7O3. The molecule has 2 aliphatic rings. The van der Waals surface area contributed by atoms with E-state index < -0.39 is 6.09 Å². The number of aromatic amines is 2. The maximum atomic E-state index is 11.7. The Kier molecular flexibility index (Phi) is 9.27. The van der Waals surface area contributed by atoms with Crippen molar-refractivity contribution in [2.24, 2.45) is 0 Å². The van der Waals surface area contributed by atoms with Crippen molar-refractivity contribution in [3.8, 4) is 34.4 Å². The fourth-order valence-electron chi connectivity index (χ4n) is 6.06. The summed E-state index contributed by atoms with van der Waals surface area (Å²) in [6.45, 7) is 1.57. The first kappa shape index (κ1) is 30.2. The molecule has 232 valence electrons. The van der Waals surface area contributed by atoms with Crippen molar-refractivity contribution in [2.75, 3.05) is 33.8 Å². The van der Waals surface area contributed by atoms with Crippen molar-refractivity contribution >= 4 is 12.0 Å². The Hall–Kier alpha value is -4.88. The van der Waals surface area contributed by atoms with Gasteiger partial charge in [0.1, 0.15) is 11.6 Å². The van der Waals surface area contributed by atoms with Crippen LogP contribution in [0.3, 0.4) is 0 Å². The highest BCUT2D eigenvalue weighted by Gasteiger charge is 2.28. The van der Waals surface area contributed by atoms with Gasteiger partial charge in [-0.05, 0) is 87.5 Å². The molecule has 0 spiro atoms. The number of nitrogens with one attached hydrogen (secondary N) is 4. The number of benzene rings is 2. The number of fused-ring (bicyclic) bond motifs is 3. The Morgan fingerprint density at radius 1 is 1.04 bits per heavy atom. The number of carbonyl (C=O) groups excluding carboxylic acids is 2. The maximum absolute atomic E-state index is 11.7. The summed E-state index contributed by atoms with van der Waals surface area (Å²) in [5.41, 5.74) is 8.90. The van der Waals surface area contributed by atoms with E-state index in [0.29, 0.717) is 12.6 Å². The minimum absolute atomic E-state index is 0.0979. The molecule has 6 rings (SSSR count). The molecule has 3 heterocycles. The first-order chi connectivity index (χ1) is 22.0. The van der Waals surface area contributed by atoms with E-state index >= 15 is 0 Å². The van der Waals surface area contributed by atoms with Gasteiger partial charge < -0.3 is 25.3 Å². The smallest absolute Gasteiger partial charge is 0.407 e. The van der Waals surface area contributed by atoms with Crippen LogP contribution in [0.15, 0.2) is 48.7 Å². The number of hydrogen-bond donors (Lipinski definition) is 4. The molecule has 0 bridgehead atoms. The molecule has 1 aliphatic carbocycles. The third-order valence-corrected chi connectivity index (χ3v) is 8.55. The van der Waals surface area contributed by atoms with Crippen molar-refractivity contribution in [2.45, 2.75) is 51.0 Å². The number of amides is 2. The first-order valence-electron chi connectivity index (χ1n) is 15.6. The van der Waals surface area contributed by atoms with Crippen LogP contribution < -0.4 is 10.6 Å². The predicted octanol–water partition coefficient (Wildman–Crippen LogP) is 4.53. The number of likely N-dealkylation sites (tertiary alicyclic amines) is 1. The minimum atomic E-state index is -0.623. The fourth-order valence-corrected chi connectivity index (χ4v) is 6.06. The van der Waals surface area contributed by atoms with E-state index in [4.69, 9.17) is 4.98 Å². The molecule has 4 N–H and O–H groups in total. The zero-order chi connectivity index (χ0) is 31.2. The number of carbonyl (C=O) groups is 2. The number of aromatic nitrogens is 4. The summed E-state index contributed by atoms with van der Waals surface area (Å²) in [7, 11) is 3.45. The van der Waals surface area contributed by atoms with E-state index in [1.165, 1.54) is 36.8 Å². The maximum Gasteiger partial charge on any atom is 0.407 e. The zero-order valence-electron chi connectivity index (χ0n) is 25.8. The molecule has 2 aromatic heterocycles. The number of hydrogen-bond acceptors (Lipinski definition) is 6. The second kappa shape index (κ2) is 13.8. The van der Waals surface area contributed by atoms with Crippen LogP contribution >= 0.6 is 0 Å². The molecule has 10 heteroatoms. The van der Waals surface area contributed by atoms with Crippen LogP contribution in [0.25, 0.3) is 22.5 Å². The summed E-state index contributed by atoms with van der Waals surface area (Å²) in [6, 6.07) is 15.1. The van der Waals surface area contributed by atoms with Crippen LogP contribution in [0.5, 0.6) is 0 Å². The van der Waals surface area contributed by atoms with Crippen LogP contribution in [0, 0.1) is 11.8 Å². The van der Waals surface area contributed by atoms with Gasteiger partial charge >= 0.3 is 6.09 Å². The van der Waals surface area contributed by atoms with E-state index in [1.54, 1.807) is 0 Å². The quantitative estimate of drug-likeness (QED) is 0.164. The molecule has 10 nitrogen and oxygen atoms in total. The third-order valence-electron chi connectivity index (χ3n) is 8.55. The van der Waals surface area contributed by atoms with Crippen LogP contribution in [0.1, 0.15) is 65.8 Å². The van der Waals surface area contributed by atoms with Gasteiger partial charge in [-0.1, -0.05) is 30.0 Å². The number of ether oxygens (including phenoxy) is 1. The molecule has 1 atom stereocenters. The first-order valence-corrected chi connectivity index (χ1v) is 15.6. The summed E-state index contributed by atoms with van der Waals surface area (Å²) < 4.78 is 4.45. The monoisotopic (exact) mass is 605 g/mol. The lowest BCUT2D eigenvalue weighted by atomic mass is 9.91. The summed E-state index contributed by atoms with van der Waals surface area (Å²) in [6.07, 6.45) is 8.05. The number of imidazole rings is 2. The Morgan fingerprint density at radius 2 is 1.87 bits per heavy atom. The molecule has 0 saturated carbocycles. The third kappa shape index (κ3) is 7.27. The van der Waals surface area contributed by atoms with Crippen molar-refractivity contribution < 1.29 is 14.3 Å². The fraction of sp³-hybridized carbons (Fsp3) is 0.371. The Morgan fingerprint density at radius 3 is 2.67 bits per heavy atom. The average molecular weight is 606 g/mol. The molecule has 2 aromatic carbocycles. The highest BCUT2D eigenvalue weighted by atomic mass is 16.5. The Bertz CT molecular complexity index is 1730. The molecule has 1 saturated heterocycles. The molecular weight excluding hydrogens is 566 g/mol. The SMILES string of the molecule is COC(=O)NCC(=O)NCCCCc1ncc(-c2ccc(C#Cc3ccc4c(c3)CCc3[nH]c(C5CCCN5C)nc3-4)cc2)[nH]1. The van der Waals surface area contributed by atoms with Crippen molar-refractivity contribution in [3.63, 3.8) is 0 Å². The van der Waals surface area contributed by atoms with Crippen LogP contribution in [0.2, 0.25) is 0 Å². The number of alkyl carbamates (subject to hydrolysis) is 1. The summed E-state index contributed by atoms with van der Waals surface area (Å²) >= 11 is 0. The Balaban J connectivity index is 1.01. The number of nitrogens with zero attached hydrogens (tertiary/aromatic N) is 3. The molecule has 1 unspecified atom stereocenters. The van der Waals surface area contributed by atoms with Gasteiger partial charge in [-0.25, -0.2) is 14.8 Å².